The first-order valence-corrected chi connectivity index (χ1v) is 11.4. The van der Waals surface area contributed by atoms with Gasteiger partial charge in [-0.05, 0) is 86.1 Å². The summed E-state index contributed by atoms with van der Waals surface area (Å²) in [7, 11) is 0. The summed E-state index contributed by atoms with van der Waals surface area (Å²) in [5, 5.41) is 14.0. The van der Waals surface area contributed by atoms with Crippen LogP contribution in [0.3, 0.4) is 0 Å². The number of nitrogens with one attached hydrogen (secondary N) is 1. The van der Waals surface area contributed by atoms with E-state index in [0.29, 0.717) is 35.3 Å². The van der Waals surface area contributed by atoms with Crippen molar-refractivity contribution in [2.24, 2.45) is 17.8 Å². The Balaban J connectivity index is 1.38. The zero-order chi connectivity index (χ0) is 22.6. The summed E-state index contributed by atoms with van der Waals surface area (Å²) >= 11 is 0. The van der Waals surface area contributed by atoms with Crippen LogP contribution in [0.1, 0.15) is 70.9 Å². The third-order valence-electron chi connectivity index (χ3n) is 7.72. The van der Waals surface area contributed by atoms with Crippen LogP contribution in [-0.4, -0.2) is 28.4 Å². The molecule has 2 unspecified atom stereocenters. The smallest absolute Gasteiger partial charge is 0.251 e. The van der Waals surface area contributed by atoms with Gasteiger partial charge in [-0.15, -0.1) is 0 Å². The highest BCUT2D eigenvalue weighted by Gasteiger charge is 2.55. The fourth-order valence-electron chi connectivity index (χ4n) is 6.55. The molecular formula is C26H27F2NO3. The van der Waals surface area contributed by atoms with Gasteiger partial charge in [-0.1, -0.05) is 19.1 Å². The highest BCUT2D eigenvalue weighted by molar-refractivity contribution is 6.10. The van der Waals surface area contributed by atoms with E-state index in [-0.39, 0.29) is 17.5 Å². The van der Waals surface area contributed by atoms with Gasteiger partial charge in [-0.25, -0.2) is 8.78 Å². The molecule has 0 spiro atoms. The second-order valence-corrected chi connectivity index (χ2v) is 9.84. The van der Waals surface area contributed by atoms with Crippen molar-refractivity contribution in [3.05, 3.63) is 70.3 Å². The lowest BCUT2D eigenvalue weighted by Crippen LogP contribution is -2.61. The van der Waals surface area contributed by atoms with Crippen LogP contribution >= 0.6 is 0 Å². The number of aryl methyl sites for hydroxylation is 1. The summed E-state index contributed by atoms with van der Waals surface area (Å²) < 4.78 is 28.1. The largest absolute Gasteiger partial charge is 0.390 e. The van der Waals surface area contributed by atoms with Gasteiger partial charge in [0.2, 0.25) is 0 Å². The minimum Gasteiger partial charge on any atom is -0.390 e. The second-order valence-electron chi connectivity index (χ2n) is 9.84. The van der Waals surface area contributed by atoms with Crippen LogP contribution in [0, 0.1) is 29.4 Å². The molecule has 32 heavy (non-hydrogen) atoms. The molecule has 2 N–H and O–H groups in total. The van der Waals surface area contributed by atoms with Gasteiger partial charge in [0.15, 0.2) is 5.78 Å². The molecule has 2 atom stereocenters. The zero-order valence-electron chi connectivity index (χ0n) is 18.0. The number of rotatable bonds is 5. The molecule has 4 saturated carbocycles. The first-order chi connectivity index (χ1) is 15.3. The van der Waals surface area contributed by atoms with Crippen molar-refractivity contribution in [2.75, 3.05) is 0 Å². The SMILES string of the molecule is CCc1cc(C(=O)c2c(F)cccc2F)ccc1C(=O)NC1C2CC3CC1CC(O)(C3)C2. The molecule has 0 saturated heterocycles. The first-order valence-electron chi connectivity index (χ1n) is 11.4. The lowest BCUT2D eigenvalue weighted by atomic mass is 9.52. The van der Waals surface area contributed by atoms with Crippen LogP contribution in [0.5, 0.6) is 0 Å². The van der Waals surface area contributed by atoms with E-state index < -0.39 is 28.6 Å². The van der Waals surface area contributed by atoms with Crippen molar-refractivity contribution in [1.29, 1.82) is 0 Å². The molecule has 2 aromatic rings. The van der Waals surface area contributed by atoms with E-state index in [1.165, 1.54) is 12.1 Å². The maximum atomic E-state index is 14.1. The molecule has 0 aliphatic heterocycles. The van der Waals surface area contributed by atoms with Crippen molar-refractivity contribution in [1.82, 2.24) is 5.32 Å². The monoisotopic (exact) mass is 439 g/mol. The van der Waals surface area contributed by atoms with Crippen LogP contribution in [-0.2, 0) is 6.42 Å². The van der Waals surface area contributed by atoms with Gasteiger partial charge in [0.1, 0.15) is 11.6 Å². The Kier molecular flexibility index (Phi) is 5.16. The van der Waals surface area contributed by atoms with Crippen molar-refractivity contribution in [3.8, 4) is 0 Å². The molecule has 0 radical (unpaired) electrons. The molecule has 1 amide bonds. The summed E-state index contributed by atoms with van der Waals surface area (Å²) in [4.78, 5) is 25.9. The highest BCUT2D eigenvalue weighted by atomic mass is 19.1. The lowest BCUT2D eigenvalue weighted by molar-refractivity contribution is -0.136. The molecule has 0 aromatic heterocycles. The van der Waals surface area contributed by atoms with Gasteiger partial charge in [0.25, 0.3) is 5.91 Å². The van der Waals surface area contributed by atoms with E-state index in [4.69, 9.17) is 0 Å². The Morgan fingerprint density at radius 3 is 2.31 bits per heavy atom. The number of amides is 1. The molecule has 4 aliphatic carbocycles. The Morgan fingerprint density at radius 2 is 1.72 bits per heavy atom. The summed E-state index contributed by atoms with van der Waals surface area (Å²) in [6.45, 7) is 1.88. The third-order valence-corrected chi connectivity index (χ3v) is 7.72. The van der Waals surface area contributed by atoms with Crippen molar-refractivity contribution in [2.45, 2.75) is 57.1 Å². The lowest BCUT2D eigenvalue weighted by Gasteiger charge is -2.58. The van der Waals surface area contributed by atoms with Gasteiger partial charge in [-0.3, -0.25) is 9.59 Å². The predicted molar refractivity (Wildman–Crippen MR) is 115 cm³/mol. The number of hydrogen-bond acceptors (Lipinski definition) is 3. The first kappa shape index (κ1) is 21.3. The minimum atomic E-state index is -0.904. The number of carbonyl (C=O) groups excluding carboxylic acids is 2. The standard InChI is InChI=1S/C26H27F2NO3/c1-2-15-10-16(24(30)22-20(27)4-3-5-21(22)28)6-7-19(15)25(31)29-23-17-8-14-9-18(23)13-26(32,11-14)12-17/h3-7,10,14,17-18,23,32H,2,8-9,11-13H2,1H3,(H,29,31). The molecule has 4 nitrogen and oxygen atoms in total. The maximum absolute atomic E-state index is 14.1. The molecular weight excluding hydrogens is 412 g/mol. The third kappa shape index (κ3) is 3.54. The van der Waals surface area contributed by atoms with E-state index >= 15 is 0 Å². The number of aliphatic hydroxyl groups is 1. The number of ketones is 1. The van der Waals surface area contributed by atoms with E-state index in [1.54, 1.807) is 12.1 Å². The van der Waals surface area contributed by atoms with Gasteiger partial charge in [0.05, 0.1) is 11.2 Å². The van der Waals surface area contributed by atoms with Crippen molar-refractivity contribution >= 4 is 11.7 Å². The highest BCUT2D eigenvalue weighted by Crippen LogP contribution is 2.55. The fourth-order valence-corrected chi connectivity index (χ4v) is 6.55. The van der Waals surface area contributed by atoms with Crippen molar-refractivity contribution < 1.29 is 23.5 Å². The maximum Gasteiger partial charge on any atom is 0.251 e. The Hall–Kier alpha value is -2.60. The van der Waals surface area contributed by atoms with Gasteiger partial charge in [0, 0.05) is 17.2 Å². The van der Waals surface area contributed by atoms with Crippen LogP contribution in [0.2, 0.25) is 0 Å². The minimum absolute atomic E-state index is 0.0536. The predicted octanol–water partition coefficient (Wildman–Crippen LogP) is 4.43. The Morgan fingerprint density at radius 1 is 1.06 bits per heavy atom. The Bertz CT molecular complexity index is 1060. The fraction of sp³-hybridized carbons (Fsp3) is 0.462. The number of halogens is 2. The van der Waals surface area contributed by atoms with E-state index in [1.807, 2.05) is 6.92 Å². The second kappa shape index (κ2) is 7.77. The van der Waals surface area contributed by atoms with Gasteiger partial charge >= 0.3 is 0 Å². The van der Waals surface area contributed by atoms with Crippen LogP contribution in [0.25, 0.3) is 0 Å². The number of benzene rings is 2. The van der Waals surface area contributed by atoms with Gasteiger partial charge in [-0.2, -0.15) is 0 Å². The molecule has 4 bridgehead atoms. The zero-order valence-corrected chi connectivity index (χ0v) is 18.0. The normalized spacial score (nSPS) is 30.4. The average molecular weight is 440 g/mol. The molecule has 4 fully saturated rings. The summed E-state index contributed by atoms with van der Waals surface area (Å²) in [6.07, 6.45) is 4.97. The molecule has 0 heterocycles. The molecule has 168 valence electrons. The molecule has 2 aromatic carbocycles. The Labute approximate surface area is 186 Å². The molecule has 4 aliphatic rings. The van der Waals surface area contributed by atoms with E-state index in [0.717, 1.165) is 44.2 Å². The van der Waals surface area contributed by atoms with E-state index in [9.17, 15) is 23.5 Å². The quantitative estimate of drug-likeness (QED) is 0.678. The van der Waals surface area contributed by atoms with Crippen molar-refractivity contribution in [3.63, 3.8) is 0 Å². The topological polar surface area (TPSA) is 66.4 Å². The van der Waals surface area contributed by atoms with E-state index in [2.05, 4.69) is 5.32 Å². The van der Waals surface area contributed by atoms with Crippen LogP contribution in [0.4, 0.5) is 8.78 Å². The summed E-state index contributed by atoms with van der Waals surface area (Å²) in [5.74, 6) is -1.59. The van der Waals surface area contributed by atoms with Crippen LogP contribution < -0.4 is 5.32 Å². The molecule has 6 rings (SSSR count). The molecule has 6 heteroatoms. The number of hydrogen-bond donors (Lipinski definition) is 2. The summed E-state index contributed by atoms with van der Waals surface area (Å²) in [6, 6.07) is 7.97. The number of carbonyl (C=O) groups is 2. The van der Waals surface area contributed by atoms with Gasteiger partial charge < -0.3 is 10.4 Å². The van der Waals surface area contributed by atoms with Crippen LogP contribution in [0.15, 0.2) is 36.4 Å². The average Bonchev–Trinajstić information content (AvgIpc) is 2.74. The summed E-state index contributed by atoms with van der Waals surface area (Å²) in [5.41, 5.74) is 0.145.